The molecule has 1 aliphatic rings. The SMILES string of the molecule is CCNC1CCCCCCC1SCC(=O)N(C)C. The third-order valence-corrected chi connectivity index (χ3v) is 4.99. The highest BCUT2D eigenvalue weighted by Gasteiger charge is 2.23. The van der Waals surface area contributed by atoms with Gasteiger partial charge < -0.3 is 10.2 Å². The average molecular weight is 272 g/mol. The lowest BCUT2D eigenvalue weighted by molar-refractivity contribution is -0.125. The third-order valence-electron chi connectivity index (χ3n) is 3.59. The molecule has 0 aromatic carbocycles. The number of carbonyl (C=O) groups excluding carboxylic acids is 1. The Morgan fingerprint density at radius 3 is 2.50 bits per heavy atom. The van der Waals surface area contributed by atoms with E-state index < -0.39 is 0 Å². The molecule has 0 aromatic rings. The largest absolute Gasteiger partial charge is 0.348 e. The zero-order chi connectivity index (χ0) is 13.4. The summed E-state index contributed by atoms with van der Waals surface area (Å²) in [5, 5.41) is 4.22. The van der Waals surface area contributed by atoms with Crippen LogP contribution in [0.15, 0.2) is 0 Å². The molecule has 18 heavy (non-hydrogen) atoms. The number of thioether (sulfide) groups is 1. The maximum atomic E-state index is 11.7. The lowest BCUT2D eigenvalue weighted by Gasteiger charge is -2.29. The first-order valence-corrected chi connectivity index (χ1v) is 8.25. The first kappa shape index (κ1) is 15.8. The Bertz CT molecular complexity index is 246. The van der Waals surface area contributed by atoms with Gasteiger partial charge in [0.05, 0.1) is 5.75 Å². The normalized spacial score (nSPS) is 25.3. The molecule has 0 spiro atoms. The van der Waals surface area contributed by atoms with Crippen LogP contribution in [0.5, 0.6) is 0 Å². The summed E-state index contributed by atoms with van der Waals surface area (Å²) >= 11 is 1.85. The number of hydrogen-bond donors (Lipinski definition) is 1. The smallest absolute Gasteiger partial charge is 0.232 e. The highest BCUT2D eigenvalue weighted by molar-refractivity contribution is 8.00. The van der Waals surface area contributed by atoms with E-state index in [-0.39, 0.29) is 5.91 Å². The number of rotatable bonds is 5. The Kier molecular flexibility index (Phi) is 7.75. The van der Waals surface area contributed by atoms with Crippen molar-refractivity contribution in [2.24, 2.45) is 0 Å². The minimum atomic E-state index is 0.234. The minimum Gasteiger partial charge on any atom is -0.348 e. The van der Waals surface area contributed by atoms with Gasteiger partial charge >= 0.3 is 0 Å². The van der Waals surface area contributed by atoms with E-state index >= 15 is 0 Å². The summed E-state index contributed by atoms with van der Waals surface area (Å²) in [6.45, 7) is 3.20. The molecule has 0 saturated heterocycles. The fraction of sp³-hybridized carbons (Fsp3) is 0.929. The van der Waals surface area contributed by atoms with Crippen molar-refractivity contribution in [1.29, 1.82) is 0 Å². The summed E-state index contributed by atoms with van der Waals surface area (Å²) in [5.41, 5.74) is 0. The first-order chi connectivity index (χ1) is 8.65. The summed E-state index contributed by atoms with van der Waals surface area (Å²) in [5.74, 6) is 0.858. The van der Waals surface area contributed by atoms with Crippen LogP contribution in [0.25, 0.3) is 0 Å². The molecule has 2 unspecified atom stereocenters. The molecule has 4 heteroatoms. The minimum absolute atomic E-state index is 0.234. The molecule has 0 radical (unpaired) electrons. The van der Waals surface area contributed by atoms with Gasteiger partial charge in [-0.1, -0.05) is 32.6 Å². The van der Waals surface area contributed by atoms with Crippen molar-refractivity contribution < 1.29 is 4.79 Å². The fourth-order valence-corrected chi connectivity index (χ4v) is 3.87. The van der Waals surface area contributed by atoms with E-state index in [1.54, 1.807) is 4.90 Å². The maximum Gasteiger partial charge on any atom is 0.232 e. The van der Waals surface area contributed by atoms with E-state index in [2.05, 4.69) is 12.2 Å². The first-order valence-electron chi connectivity index (χ1n) is 7.20. The van der Waals surface area contributed by atoms with Gasteiger partial charge in [-0.05, 0) is 19.4 Å². The number of nitrogens with zero attached hydrogens (tertiary/aromatic N) is 1. The van der Waals surface area contributed by atoms with Crippen molar-refractivity contribution in [2.75, 3.05) is 26.4 Å². The number of amides is 1. The van der Waals surface area contributed by atoms with Crippen LogP contribution < -0.4 is 5.32 Å². The van der Waals surface area contributed by atoms with Gasteiger partial charge in [0.1, 0.15) is 0 Å². The van der Waals surface area contributed by atoms with Crippen LogP contribution >= 0.6 is 11.8 Å². The Labute approximate surface area is 116 Å². The number of carbonyl (C=O) groups is 1. The van der Waals surface area contributed by atoms with Crippen LogP contribution in [0.2, 0.25) is 0 Å². The van der Waals surface area contributed by atoms with E-state index in [0.717, 1.165) is 6.54 Å². The monoisotopic (exact) mass is 272 g/mol. The summed E-state index contributed by atoms with van der Waals surface area (Å²) in [6, 6.07) is 0.593. The summed E-state index contributed by atoms with van der Waals surface area (Å²) in [4.78, 5) is 13.4. The molecule has 1 amide bonds. The quantitative estimate of drug-likeness (QED) is 0.834. The Morgan fingerprint density at radius 1 is 1.22 bits per heavy atom. The molecule has 1 fully saturated rings. The highest BCUT2D eigenvalue weighted by atomic mass is 32.2. The Hall–Kier alpha value is -0.220. The summed E-state index contributed by atoms with van der Waals surface area (Å²) < 4.78 is 0. The van der Waals surface area contributed by atoms with Crippen LogP contribution in [0.3, 0.4) is 0 Å². The Morgan fingerprint density at radius 2 is 1.89 bits per heavy atom. The topological polar surface area (TPSA) is 32.3 Å². The molecule has 0 aromatic heterocycles. The molecule has 0 bridgehead atoms. The lowest BCUT2D eigenvalue weighted by atomic mass is 9.96. The molecule has 1 N–H and O–H groups in total. The van der Waals surface area contributed by atoms with Crippen molar-refractivity contribution in [3.8, 4) is 0 Å². The van der Waals surface area contributed by atoms with Crippen molar-refractivity contribution in [3.05, 3.63) is 0 Å². The summed E-state index contributed by atoms with van der Waals surface area (Å²) in [7, 11) is 3.67. The molecular formula is C14H28N2OS. The predicted molar refractivity (Wildman–Crippen MR) is 80.1 cm³/mol. The van der Waals surface area contributed by atoms with Crippen LogP contribution in [0, 0.1) is 0 Å². The zero-order valence-electron chi connectivity index (χ0n) is 12.1. The fourth-order valence-electron chi connectivity index (χ4n) is 2.45. The highest BCUT2D eigenvalue weighted by Crippen LogP contribution is 2.27. The molecule has 0 aliphatic heterocycles. The molecule has 0 heterocycles. The molecule has 106 valence electrons. The van der Waals surface area contributed by atoms with Gasteiger partial charge in [-0.15, -0.1) is 11.8 Å². The van der Waals surface area contributed by atoms with Gasteiger partial charge in [0, 0.05) is 25.4 Å². The van der Waals surface area contributed by atoms with Crippen molar-refractivity contribution in [2.45, 2.75) is 56.7 Å². The van der Waals surface area contributed by atoms with Gasteiger partial charge in [0.2, 0.25) is 5.91 Å². The van der Waals surface area contributed by atoms with E-state index in [0.29, 0.717) is 17.0 Å². The van der Waals surface area contributed by atoms with Gasteiger partial charge in [-0.3, -0.25) is 4.79 Å². The van der Waals surface area contributed by atoms with Gasteiger partial charge in [-0.2, -0.15) is 0 Å². The third kappa shape index (κ3) is 5.61. The predicted octanol–water partition coefficient (Wildman–Crippen LogP) is 2.51. The second-order valence-corrected chi connectivity index (χ2v) is 6.52. The zero-order valence-corrected chi connectivity index (χ0v) is 12.9. The molecule has 1 aliphatic carbocycles. The van der Waals surface area contributed by atoms with E-state index in [9.17, 15) is 4.79 Å². The van der Waals surface area contributed by atoms with Crippen molar-refractivity contribution in [1.82, 2.24) is 10.2 Å². The van der Waals surface area contributed by atoms with Crippen LogP contribution in [-0.2, 0) is 4.79 Å². The number of hydrogen-bond acceptors (Lipinski definition) is 3. The molecule has 1 saturated carbocycles. The molecular weight excluding hydrogens is 244 g/mol. The van der Waals surface area contributed by atoms with Crippen LogP contribution in [0.1, 0.15) is 45.4 Å². The average Bonchev–Trinajstić information content (AvgIpc) is 2.31. The molecule has 2 atom stereocenters. The van der Waals surface area contributed by atoms with Crippen LogP contribution in [0.4, 0.5) is 0 Å². The van der Waals surface area contributed by atoms with Gasteiger partial charge in [0.15, 0.2) is 0 Å². The molecule has 1 rings (SSSR count). The maximum absolute atomic E-state index is 11.7. The van der Waals surface area contributed by atoms with Gasteiger partial charge in [-0.25, -0.2) is 0 Å². The van der Waals surface area contributed by atoms with Crippen LogP contribution in [-0.4, -0.2) is 48.5 Å². The van der Waals surface area contributed by atoms with Crippen molar-refractivity contribution in [3.63, 3.8) is 0 Å². The van der Waals surface area contributed by atoms with E-state index in [4.69, 9.17) is 0 Å². The number of nitrogens with one attached hydrogen (secondary N) is 1. The lowest BCUT2D eigenvalue weighted by Crippen LogP contribution is -2.39. The Balaban J connectivity index is 2.46. The molecule has 3 nitrogen and oxygen atoms in total. The van der Waals surface area contributed by atoms with Gasteiger partial charge in [0.25, 0.3) is 0 Å². The van der Waals surface area contributed by atoms with Crippen molar-refractivity contribution >= 4 is 17.7 Å². The van der Waals surface area contributed by atoms with E-state index in [1.165, 1.54) is 38.5 Å². The summed E-state index contributed by atoms with van der Waals surface area (Å²) in [6.07, 6.45) is 7.89. The second kappa shape index (κ2) is 8.81. The van der Waals surface area contributed by atoms with E-state index in [1.807, 2.05) is 25.9 Å². The standard InChI is InChI=1S/C14H28N2OS/c1-4-15-12-9-7-5-6-8-10-13(12)18-11-14(17)16(2)3/h12-13,15H,4-11H2,1-3H3. The second-order valence-electron chi connectivity index (χ2n) is 5.29.